The molecule has 27 heavy (non-hydrogen) atoms. The number of hydrogen-bond acceptors (Lipinski definition) is 4. The molecule has 158 valence electrons. The van der Waals surface area contributed by atoms with E-state index in [0.717, 1.165) is 5.82 Å². The van der Waals surface area contributed by atoms with Crippen LogP contribution >= 0.6 is 0 Å². The molecule has 0 aliphatic carbocycles. The third-order valence-corrected chi connectivity index (χ3v) is 7.85. The van der Waals surface area contributed by atoms with Crippen LogP contribution in [0.25, 0.3) is 0 Å². The molecule has 1 aromatic heterocycles. The topological polar surface area (TPSA) is 45.5 Å². The monoisotopic (exact) mass is 398 g/mol. The Morgan fingerprint density at radius 2 is 1.44 bits per heavy atom. The van der Waals surface area contributed by atoms with E-state index in [4.69, 9.17) is 13.3 Å². The highest BCUT2D eigenvalue weighted by molar-refractivity contribution is 6.60. The summed E-state index contributed by atoms with van der Waals surface area (Å²) in [5, 5.41) is 0. The van der Waals surface area contributed by atoms with E-state index in [1.165, 1.54) is 51.4 Å². The Labute approximate surface area is 168 Å². The average molecular weight is 399 g/mol. The SMILES string of the molecule is CCCCCCCCCC(C)n1ccnc1C[Si](OCC)(OCC)OCC. The second-order valence-corrected chi connectivity index (χ2v) is 9.75. The van der Waals surface area contributed by atoms with Gasteiger partial charge in [-0.2, -0.15) is 0 Å². The standard InChI is InChI=1S/C21H42N2O3Si/c1-6-10-11-12-13-14-15-16-20(5)23-18-17-22-21(23)19-27(24-7-2,25-8-3)26-9-4/h17-18,20H,6-16,19H2,1-5H3. The fourth-order valence-corrected chi connectivity index (χ4v) is 6.09. The molecule has 0 saturated heterocycles. The summed E-state index contributed by atoms with van der Waals surface area (Å²) >= 11 is 0. The number of unbranched alkanes of at least 4 members (excludes halogenated alkanes) is 6. The van der Waals surface area contributed by atoms with Crippen LogP contribution in [-0.2, 0) is 19.3 Å². The van der Waals surface area contributed by atoms with E-state index in [1.54, 1.807) is 0 Å². The van der Waals surface area contributed by atoms with Crippen LogP contribution in [0.4, 0.5) is 0 Å². The minimum absolute atomic E-state index is 0.440. The zero-order chi connectivity index (χ0) is 20.0. The van der Waals surface area contributed by atoms with Gasteiger partial charge in [-0.15, -0.1) is 0 Å². The zero-order valence-electron chi connectivity index (χ0n) is 18.3. The first-order valence-corrected chi connectivity index (χ1v) is 13.0. The maximum Gasteiger partial charge on any atom is 0.508 e. The van der Waals surface area contributed by atoms with E-state index in [2.05, 4.69) is 29.6 Å². The summed E-state index contributed by atoms with van der Waals surface area (Å²) in [6, 6.07) is 1.08. The van der Waals surface area contributed by atoms with Gasteiger partial charge >= 0.3 is 8.80 Å². The number of imidazole rings is 1. The fourth-order valence-electron chi connectivity index (χ4n) is 3.55. The fraction of sp³-hybridized carbons (Fsp3) is 0.857. The van der Waals surface area contributed by atoms with Crippen molar-refractivity contribution in [2.75, 3.05) is 19.8 Å². The van der Waals surface area contributed by atoms with E-state index in [0.29, 0.717) is 31.9 Å². The third-order valence-electron chi connectivity index (χ3n) is 4.92. The molecule has 0 aliphatic rings. The normalized spacial score (nSPS) is 13.2. The minimum atomic E-state index is -2.72. The summed E-state index contributed by atoms with van der Waals surface area (Å²) < 4.78 is 20.3. The Morgan fingerprint density at radius 3 is 2.00 bits per heavy atom. The number of nitrogens with zero attached hydrogens (tertiary/aromatic N) is 2. The molecule has 0 aromatic carbocycles. The maximum absolute atomic E-state index is 6.00. The van der Waals surface area contributed by atoms with Gasteiger partial charge < -0.3 is 17.8 Å². The third kappa shape index (κ3) is 8.90. The highest BCUT2D eigenvalue weighted by atomic mass is 28.4. The van der Waals surface area contributed by atoms with Crippen molar-refractivity contribution in [2.24, 2.45) is 0 Å². The van der Waals surface area contributed by atoms with Gasteiger partial charge in [-0.1, -0.05) is 51.9 Å². The number of aromatic nitrogens is 2. The van der Waals surface area contributed by atoms with Gasteiger partial charge in [0.1, 0.15) is 5.82 Å². The molecule has 0 radical (unpaired) electrons. The molecule has 0 spiro atoms. The lowest BCUT2D eigenvalue weighted by molar-refractivity contribution is 0.0694. The van der Waals surface area contributed by atoms with Gasteiger partial charge in [-0.05, 0) is 34.1 Å². The van der Waals surface area contributed by atoms with Gasteiger partial charge in [-0.25, -0.2) is 4.98 Å². The van der Waals surface area contributed by atoms with Gasteiger partial charge in [-0.3, -0.25) is 0 Å². The Balaban J connectivity index is 2.60. The van der Waals surface area contributed by atoms with Gasteiger partial charge in [0.05, 0.1) is 6.04 Å². The summed E-state index contributed by atoms with van der Waals surface area (Å²) in [7, 11) is -2.72. The lowest BCUT2D eigenvalue weighted by Gasteiger charge is -2.29. The van der Waals surface area contributed by atoms with Crippen LogP contribution in [0.1, 0.15) is 97.9 Å². The largest absolute Gasteiger partial charge is 0.508 e. The van der Waals surface area contributed by atoms with Crippen molar-refractivity contribution in [2.45, 2.75) is 98.1 Å². The molecule has 1 unspecified atom stereocenters. The molecule has 6 heteroatoms. The predicted molar refractivity (Wildman–Crippen MR) is 114 cm³/mol. The van der Waals surface area contributed by atoms with E-state index >= 15 is 0 Å². The Morgan fingerprint density at radius 1 is 0.889 bits per heavy atom. The molecule has 1 heterocycles. The first-order valence-electron chi connectivity index (χ1n) is 11.1. The Bertz CT molecular complexity index is 465. The highest BCUT2D eigenvalue weighted by Crippen LogP contribution is 2.22. The quantitative estimate of drug-likeness (QED) is 0.249. The molecule has 5 nitrogen and oxygen atoms in total. The number of rotatable bonds is 17. The predicted octanol–water partition coefficient (Wildman–Crippen LogP) is 5.71. The minimum Gasteiger partial charge on any atom is -0.373 e. The molecule has 1 aromatic rings. The average Bonchev–Trinajstić information content (AvgIpc) is 3.09. The highest BCUT2D eigenvalue weighted by Gasteiger charge is 2.42. The van der Waals surface area contributed by atoms with Crippen LogP contribution in [0.2, 0.25) is 0 Å². The van der Waals surface area contributed by atoms with Crippen molar-refractivity contribution in [3.63, 3.8) is 0 Å². The molecule has 0 bridgehead atoms. The summed E-state index contributed by atoms with van der Waals surface area (Å²) in [6.07, 6.45) is 14.6. The van der Waals surface area contributed by atoms with Crippen molar-refractivity contribution in [1.82, 2.24) is 9.55 Å². The maximum atomic E-state index is 6.00. The first-order chi connectivity index (χ1) is 13.1. The van der Waals surface area contributed by atoms with Crippen LogP contribution in [0.5, 0.6) is 0 Å². The second-order valence-electron chi connectivity index (χ2n) is 7.17. The zero-order valence-corrected chi connectivity index (χ0v) is 19.3. The van der Waals surface area contributed by atoms with Crippen molar-refractivity contribution in [1.29, 1.82) is 0 Å². The molecular weight excluding hydrogens is 356 g/mol. The molecule has 0 amide bonds. The van der Waals surface area contributed by atoms with Crippen molar-refractivity contribution in [3.05, 3.63) is 18.2 Å². The Hall–Kier alpha value is -0.693. The van der Waals surface area contributed by atoms with Gasteiger partial charge in [0, 0.05) is 38.3 Å². The molecule has 0 saturated carbocycles. The summed E-state index contributed by atoms with van der Waals surface area (Å²) in [6.45, 7) is 12.3. The van der Waals surface area contributed by atoms with E-state index in [9.17, 15) is 0 Å². The van der Waals surface area contributed by atoms with Crippen molar-refractivity contribution in [3.8, 4) is 0 Å². The molecule has 0 aliphatic heterocycles. The van der Waals surface area contributed by atoms with Crippen LogP contribution < -0.4 is 0 Å². The van der Waals surface area contributed by atoms with Gasteiger partial charge in [0.2, 0.25) is 0 Å². The van der Waals surface area contributed by atoms with Gasteiger partial charge in [0.25, 0.3) is 0 Å². The lowest BCUT2D eigenvalue weighted by Crippen LogP contribution is -2.49. The molecule has 0 N–H and O–H groups in total. The Kier molecular flexibility index (Phi) is 12.9. The van der Waals surface area contributed by atoms with E-state index in [-0.39, 0.29) is 0 Å². The molecule has 0 fully saturated rings. The molecule has 1 rings (SSSR count). The van der Waals surface area contributed by atoms with Crippen molar-refractivity contribution < 1.29 is 13.3 Å². The second kappa shape index (κ2) is 14.3. The van der Waals surface area contributed by atoms with Crippen LogP contribution in [-0.4, -0.2) is 38.2 Å². The lowest BCUT2D eigenvalue weighted by atomic mass is 10.1. The van der Waals surface area contributed by atoms with Gasteiger partial charge in [0.15, 0.2) is 0 Å². The smallest absolute Gasteiger partial charge is 0.373 e. The van der Waals surface area contributed by atoms with Crippen LogP contribution in [0, 0.1) is 0 Å². The summed E-state index contributed by atoms with van der Waals surface area (Å²) in [5.74, 6) is 1.02. The molecular formula is C21H42N2O3Si. The first kappa shape index (κ1) is 24.3. The van der Waals surface area contributed by atoms with Crippen LogP contribution in [0.3, 0.4) is 0 Å². The van der Waals surface area contributed by atoms with E-state index in [1.807, 2.05) is 27.0 Å². The summed E-state index contributed by atoms with van der Waals surface area (Å²) in [5.41, 5.74) is 0. The molecule has 1 atom stereocenters. The summed E-state index contributed by atoms with van der Waals surface area (Å²) in [4.78, 5) is 4.60. The van der Waals surface area contributed by atoms with Crippen molar-refractivity contribution >= 4 is 8.80 Å². The van der Waals surface area contributed by atoms with Crippen LogP contribution in [0.15, 0.2) is 12.4 Å². The number of hydrogen-bond donors (Lipinski definition) is 0. The van der Waals surface area contributed by atoms with E-state index < -0.39 is 8.80 Å².